The maximum absolute atomic E-state index is 12.9. The molecule has 1 atom stereocenters. The molecule has 5 heterocycles. The van der Waals surface area contributed by atoms with Crippen LogP contribution < -0.4 is 5.69 Å². The van der Waals surface area contributed by atoms with Crippen molar-refractivity contribution in [3.05, 3.63) is 47.3 Å². The van der Waals surface area contributed by atoms with E-state index in [1.807, 2.05) is 24.4 Å². The second-order valence-corrected chi connectivity index (χ2v) is 9.25. The van der Waals surface area contributed by atoms with Crippen LogP contribution in [0.2, 0.25) is 0 Å². The first-order chi connectivity index (χ1) is 13.8. The van der Waals surface area contributed by atoms with Gasteiger partial charge in [-0.25, -0.2) is 32.0 Å². The Morgan fingerprint density at radius 3 is 2.76 bits per heavy atom. The summed E-state index contributed by atoms with van der Waals surface area (Å²) >= 11 is 0. The summed E-state index contributed by atoms with van der Waals surface area (Å²) in [6, 6.07) is 5.45. The van der Waals surface area contributed by atoms with E-state index in [0.717, 1.165) is 11.1 Å². The van der Waals surface area contributed by atoms with Crippen molar-refractivity contribution in [2.75, 3.05) is 19.3 Å². The Labute approximate surface area is 166 Å². The van der Waals surface area contributed by atoms with E-state index in [4.69, 9.17) is 4.98 Å². The lowest BCUT2D eigenvalue weighted by molar-refractivity contribution is 0.453. The van der Waals surface area contributed by atoms with E-state index < -0.39 is 10.0 Å². The normalized spacial score (nSPS) is 18.2. The number of rotatable bonds is 3. The minimum atomic E-state index is -3.30. The first kappa shape index (κ1) is 18.0. The molecule has 0 bridgehead atoms. The number of aryl methyl sites for hydroxylation is 1. The fourth-order valence-corrected chi connectivity index (χ4v) is 4.80. The molecule has 0 N–H and O–H groups in total. The molecular weight excluding hydrogens is 394 g/mol. The Morgan fingerprint density at radius 1 is 1.17 bits per heavy atom. The fourth-order valence-electron chi connectivity index (χ4n) is 3.92. The van der Waals surface area contributed by atoms with Gasteiger partial charge < -0.3 is 0 Å². The molecule has 11 heteroatoms. The van der Waals surface area contributed by atoms with Crippen LogP contribution in [0.15, 0.2) is 41.6 Å². The Morgan fingerprint density at radius 2 is 2.00 bits per heavy atom. The molecule has 10 nitrogen and oxygen atoms in total. The maximum Gasteiger partial charge on any atom is 0.330 e. The van der Waals surface area contributed by atoms with E-state index in [9.17, 15) is 13.2 Å². The van der Waals surface area contributed by atoms with Crippen LogP contribution in [0.1, 0.15) is 12.5 Å². The second kappa shape index (κ2) is 6.22. The summed E-state index contributed by atoms with van der Waals surface area (Å²) in [5.41, 5.74) is 2.50. The molecule has 0 amide bonds. The molecule has 1 aliphatic heterocycles. The van der Waals surface area contributed by atoms with Crippen molar-refractivity contribution < 1.29 is 8.42 Å². The molecule has 1 aliphatic rings. The highest BCUT2D eigenvalue weighted by atomic mass is 32.2. The quantitative estimate of drug-likeness (QED) is 0.488. The SMILES string of the molecule is Cn1c(=O)n([C@H]2CCN(S(C)(=O)=O)C2)c2nc(-c3cnn4ccccc34)ncc21. The number of hydrogen-bond acceptors (Lipinski definition) is 6. The van der Waals surface area contributed by atoms with Gasteiger partial charge in [0.2, 0.25) is 10.0 Å². The molecule has 0 saturated carbocycles. The van der Waals surface area contributed by atoms with E-state index >= 15 is 0 Å². The summed E-state index contributed by atoms with van der Waals surface area (Å²) in [5.74, 6) is 0.469. The largest absolute Gasteiger partial charge is 0.330 e. The molecular formula is C18H19N7O3S. The molecule has 5 rings (SSSR count). The third-order valence-electron chi connectivity index (χ3n) is 5.46. The van der Waals surface area contributed by atoms with Crippen molar-refractivity contribution in [1.29, 1.82) is 0 Å². The summed E-state index contributed by atoms with van der Waals surface area (Å²) < 4.78 is 30.0. The molecule has 4 aromatic rings. The van der Waals surface area contributed by atoms with Crippen LogP contribution in [-0.4, -0.2) is 60.8 Å². The van der Waals surface area contributed by atoms with Crippen molar-refractivity contribution in [3.63, 3.8) is 0 Å². The van der Waals surface area contributed by atoms with E-state index in [1.54, 1.807) is 28.5 Å². The van der Waals surface area contributed by atoms with Crippen LogP contribution in [0, 0.1) is 0 Å². The first-order valence-corrected chi connectivity index (χ1v) is 11.0. The summed E-state index contributed by atoms with van der Waals surface area (Å²) in [5, 5.41) is 4.32. The number of nitrogens with zero attached hydrogens (tertiary/aromatic N) is 7. The van der Waals surface area contributed by atoms with Gasteiger partial charge >= 0.3 is 5.69 Å². The third-order valence-corrected chi connectivity index (χ3v) is 6.73. The maximum atomic E-state index is 12.9. The Kier molecular flexibility index (Phi) is 3.87. The summed E-state index contributed by atoms with van der Waals surface area (Å²) in [4.78, 5) is 22.1. The summed E-state index contributed by atoms with van der Waals surface area (Å²) in [6.45, 7) is 0.645. The molecule has 150 valence electrons. The molecule has 1 fully saturated rings. The summed E-state index contributed by atoms with van der Waals surface area (Å²) in [7, 11) is -1.63. The predicted molar refractivity (Wildman–Crippen MR) is 107 cm³/mol. The Hall–Kier alpha value is -3.05. The number of fused-ring (bicyclic) bond motifs is 2. The molecule has 1 saturated heterocycles. The first-order valence-electron chi connectivity index (χ1n) is 9.16. The predicted octanol–water partition coefficient (Wildman–Crippen LogP) is 0.651. The Bertz CT molecular complexity index is 1420. The zero-order chi connectivity index (χ0) is 20.3. The topological polar surface area (TPSA) is 107 Å². The lowest BCUT2D eigenvalue weighted by Crippen LogP contribution is -2.31. The van der Waals surface area contributed by atoms with Gasteiger partial charge in [0.25, 0.3) is 0 Å². The third kappa shape index (κ3) is 2.76. The minimum absolute atomic E-state index is 0.230. The molecule has 0 spiro atoms. The molecule has 0 radical (unpaired) electrons. The highest BCUT2D eigenvalue weighted by Gasteiger charge is 2.32. The highest BCUT2D eigenvalue weighted by Crippen LogP contribution is 2.27. The average Bonchev–Trinajstić information content (AvgIpc) is 3.39. The lowest BCUT2D eigenvalue weighted by Gasteiger charge is -2.14. The van der Waals surface area contributed by atoms with Crippen molar-refractivity contribution in [2.24, 2.45) is 7.05 Å². The number of hydrogen-bond donors (Lipinski definition) is 0. The van der Waals surface area contributed by atoms with Crippen molar-refractivity contribution in [3.8, 4) is 11.4 Å². The lowest BCUT2D eigenvalue weighted by atomic mass is 10.2. The van der Waals surface area contributed by atoms with E-state index in [-0.39, 0.29) is 18.3 Å². The van der Waals surface area contributed by atoms with Crippen molar-refractivity contribution in [2.45, 2.75) is 12.5 Å². The van der Waals surface area contributed by atoms with E-state index in [2.05, 4.69) is 10.1 Å². The van der Waals surface area contributed by atoms with Gasteiger partial charge in [-0.3, -0.25) is 9.13 Å². The standard InChI is InChI=1S/C18H19N7O3S/c1-22-15-10-19-16(13-9-20-24-7-4-3-5-14(13)24)21-17(15)25(18(22)26)12-6-8-23(11-12)29(2,27)28/h3-5,7,9-10,12H,6,8,11H2,1-2H3/t12-/m0/s1. The number of aromatic nitrogens is 6. The fraction of sp³-hybridized carbons (Fsp3) is 0.333. The van der Waals surface area contributed by atoms with Crippen molar-refractivity contribution >= 4 is 26.7 Å². The molecule has 0 unspecified atom stereocenters. The van der Waals surface area contributed by atoms with Gasteiger partial charge in [-0.05, 0) is 18.6 Å². The second-order valence-electron chi connectivity index (χ2n) is 7.27. The zero-order valence-corrected chi connectivity index (χ0v) is 16.7. The van der Waals surface area contributed by atoms with Crippen LogP contribution in [0.25, 0.3) is 28.1 Å². The van der Waals surface area contributed by atoms with Crippen LogP contribution in [0.5, 0.6) is 0 Å². The molecule has 29 heavy (non-hydrogen) atoms. The number of pyridine rings is 1. The minimum Gasteiger partial charge on any atom is -0.292 e. The van der Waals surface area contributed by atoms with Gasteiger partial charge in [-0.15, -0.1) is 0 Å². The van der Waals surface area contributed by atoms with Crippen molar-refractivity contribution in [1.82, 2.24) is 33.0 Å². The number of imidazole rings is 1. The van der Waals surface area contributed by atoms with Gasteiger partial charge in [0.05, 0.1) is 35.8 Å². The molecule has 0 aromatic carbocycles. The van der Waals surface area contributed by atoms with Crippen LogP contribution >= 0.6 is 0 Å². The van der Waals surface area contributed by atoms with Gasteiger partial charge in [0, 0.05) is 26.3 Å². The van der Waals surface area contributed by atoms with Crippen LogP contribution in [-0.2, 0) is 17.1 Å². The van der Waals surface area contributed by atoms with Gasteiger partial charge in [-0.2, -0.15) is 5.10 Å². The smallest absolute Gasteiger partial charge is 0.292 e. The monoisotopic (exact) mass is 413 g/mol. The zero-order valence-electron chi connectivity index (χ0n) is 15.9. The molecule has 0 aliphatic carbocycles. The Balaban J connectivity index is 1.67. The van der Waals surface area contributed by atoms with E-state index in [0.29, 0.717) is 30.0 Å². The van der Waals surface area contributed by atoms with Gasteiger partial charge in [0.15, 0.2) is 11.5 Å². The summed E-state index contributed by atoms with van der Waals surface area (Å²) in [6.07, 6.45) is 6.91. The highest BCUT2D eigenvalue weighted by molar-refractivity contribution is 7.88. The van der Waals surface area contributed by atoms with Crippen LogP contribution in [0.4, 0.5) is 0 Å². The van der Waals surface area contributed by atoms with Gasteiger partial charge in [0.1, 0.15) is 5.52 Å². The van der Waals surface area contributed by atoms with E-state index in [1.165, 1.54) is 15.1 Å². The molecule has 4 aromatic heterocycles. The number of sulfonamides is 1. The van der Waals surface area contributed by atoms with Gasteiger partial charge in [-0.1, -0.05) is 6.07 Å². The average molecular weight is 413 g/mol. The van der Waals surface area contributed by atoms with Crippen LogP contribution in [0.3, 0.4) is 0 Å².